The Balaban J connectivity index is 0.00000225. The van der Waals surface area contributed by atoms with E-state index in [9.17, 15) is 5.11 Å². The van der Waals surface area contributed by atoms with Gasteiger partial charge in [-0.25, -0.2) is 0 Å². The van der Waals surface area contributed by atoms with E-state index in [1.807, 2.05) is 36.4 Å². The highest BCUT2D eigenvalue weighted by molar-refractivity contribution is 5.73. The molecule has 0 saturated heterocycles. The van der Waals surface area contributed by atoms with E-state index in [0.29, 0.717) is 5.69 Å². The van der Waals surface area contributed by atoms with Crippen LogP contribution in [-0.4, -0.2) is 20.1 Å². The predicted molar refractivity (Wildman–Crippen MR) is 99.8 cm³/mol. The van der Waals surface area contributed by atoms with Gasteiger partial charge in [-0.1, -0.05) is 52.8 Å². The lowest BCUT2D eigenvalue weighted by molar-refractivity contribution is 0.284. The van der Waals surface area contributed by atoms with Crippen molar-refractivity contribution in [3.05, 3.63) is 48.0 Å². The highest BCUT2D eigenvalue weighted by Crippen LogP contribution is 2.38. The predicted octanol–water partition coefficient (Wildman–Crippen LogP) is 4.36. The summed E-state index contributed by atoms with van der Waals surface area (Å²) < 4.78 is 0. The van der Waals surface area contributed by atoms with Crippen LogP contribution < -0.4 is 6.15 Å². The topological polar surface area (TPSA) is 81.4 Å². The maximum absolute atomic E-state index is 10.3. The van der Waals surface area contributed by atoms with Gasteiger partial charge >= 0.3 is 0 Å². The van der Waals surface area contributed by atoms with Crippen molar-refractivity contribution in [2.24, 2.45) is 5.41 Å². The van der Waals surface area contributed by atoms with Crippen molar-refractivity contribution in [1.82, 2.24) is 21.1 Å². The number of nitrogens with zero attached hydrogens (tertiary/aromatic N) is 4. The quantitative estimate of drug-likeness (QED) is 0.771. The minimum Gasteiger partial charge on any atom is -0.506 e. The first-order valence-electron chi connectivity index (χ1n) is 8.32. The molecule has 0 amide bonds. The summed E-state index contributed by atoms with van der Waals surface area (Å²) in [6.45, 7) is 11.2. The van der Waals surface area contributed by atoms with Gasteiger partial charge in [-0.15, -0.1) is 15.0 Å². The zero-order valence-electron chi connectivity index (χ0n) is 15.5. The molecule has 0 aliphatic rings. The van der Waals surface area contributed by atoms with Gasteiger partial charge in [-0.05, 0) is 47.1 Å². The van der Waals surface area contributed by atoms with Crippen LogP contribution in [0.5, 0.6) is 5.75 Å². The molecule has 25 heavy (non-hydrogen) atoms. The Morgan fingerprint density at radius 2 is 1.48 bits per heavy atom. The number of benzene rings is 2. The van der Waals surface area contributed by atoms with E-state index in [2.05, 4.69) is 44.8 Å². The number of phenolic OH excluding ortho intramolecular Hbond substituents is 1. The zero-order chi connectivity index (χ0) is 17.5. The summed E-state index contributed by atoms with van der Waals surface area (Å²) in [5.74, 6) is 0.186. The number of fused-ring (bicyclic) bond motifs is 1. The fourth-order valence-corrected chi connectivity index (χ4v) is 3.50. The molecule has 0 bridgehead atoms. The normalized spacial score (nSPS) is 12.2. The molecule has 0 atom stereocenters. The molecule has 1 aromatic heterocycles. The molecule has 1 heterocycles. The summed E-state index contributed by atoms with van der Waals surface area (Å²) in [6.07, 6.45) is 1.04. The largest absolute Gasteiger partial charge is 0.506 e. The van der Waals surface area contributed by atoms with Gasteiger partial charge < -0.3 is 5.11 Å². The number of hydrogen-bond donors (Lipinski definition) is 1. The Labute approximate surface area is 149 Å². The lowest BCUT2D eigenvalue weighted by Gasteiger charge is -2.33. The van der Waals surface area contributed by atoms with E-state index in [-0.39, 0.29) is 22.7 Å². The molecule has 0 aliphatic carbocycles. The van der Waals surface area contributed by atoms with Gasteiger partial charge in [-0.2, -0.15) is 0 Å². The van der Waals surface area contributed by atoms with Crippen LogP contribution in [-0.2, 0) is 5.41 Å². The average Bonchev–Trinajstić information content (AvgIpc) is 2.88. The molecule has 1 N–H and O–H groups in total. The summed E-state index contributed by atoms with van der Waals surface area (Å²) in [4.78, 5) is 1.52. The van der Waals surface area contributed by atoms with Crippen LogP contribution in [0.15, 0.2) is 42.5 Å². The van der Waals surface area contributed by atoms with Crippen LogP contribution in [0.4, 0.5) is 0 Å². The average molecular weight is 337 g/mol. The summed E-state index contributed by atoms with van der Waals surface area (Å²) in [7, 11) is 0. The first kappa shape index (κ1) is 18.9. The first-order chi connectivity index (χ1) is 11.2. The first-order valence-corrected chi connectivity index (χ1v) is 8.32. The lowest BCUT2D eigenvalue weighted by Crippen LogP contribution is -2.25. The van der Waals surface area contributed by atoms with Gasteiger partial charge in [0.05, 0.1) is 0 Å². The molecular formula is C20H25N4O. The summed E-state index contributed by atoms with van der Waals surface area (Å²) >= 11 is 0. The molecule has 131 valence electrons. The van der Waals surface area contributed by atoms with Crippen LogP contribution >= 0.6 is 0 Å². The molecule has 3 aromatic rings. The monoisotopic (exact) mass is 337 g/mol. The summed E-state index contributed by atoms with van der Waals surface area (Å²) in [5, 5.41) is 19.3. The van der Waals surface area contributed by atoms with Gasteiger partial charge in [-0.3, -0.25) is 0 Å². The third-order valence-corrected chi connectivity index (χ3v) is 4.23. The molecule has 2 aromatic carbocycles. The molecular weight excluding hydrogens is 312 g/mol. The zero-order valence-corrected chi connectivity index (χ0v) is 15.5. The van der Waals surface area contributed by atoms with Crippen molar-refractivity contribution >= 4 is 11.0 Å². The standard InChI is InChI=1S/C20H25N3O.N/c1-19(2,3)13-20(4,5)14-10-11-18(24)17(12-14)23-21-15-8-6-7-9-16(15)22-23;/h6-12,24H,13H2,1-5H3;. The van der Waals surface area contributed by atoms with E-state index in [4.69, 9.17) is 0 Å². The number of rotatable bonds is 3. The van der Waals surface area contributed by atoms with Crippen LogP contribution in [0.1, 0.15) is 46.6 Å². The molecule has 0 unspecified atom stereocenters. The summed E-state index contributed by atoms with van der Waals surface area (Å²) in [6, 6.07) is 13.4. The van der Waals surface area contributed by atoms with Crippen LogP contribution in [0, 0.1) is 5.41 Å². The van der Waals surface area contributed by atoms with Crippen LogP contribution in [0.25, 0.3) is 16.7 Å². The van der Waals surface area contributed by atoms with Gasteiger partial charge in [0.2, 0.25) is 0 Å². The second kappa shape index (κ2) is 6.48. The highest BCUT2D eigenvalue weighted by atomic mass is 16.3. The lowest BCUT2D eigenvalue weighted by atomic mass is 9.72. The second-order valence-electron chi connectivity index (χ2n) is 8.30. The molecule has 0 saturated carbocycles. The molecule has 0 spiro atoms. The third-order valence-electron chi connectivity index (χ3n) is 4.23. The van der Waals surface area contributed by atoms with Crippen LogP contribution in [0.2, 0.25) is 0 Å². The number of aromatic hydroxyl groups is 1. The van der Waals surface area contributed by atoms with Gasteiger partial charge in [0.25, 0.3) is 0 Å². The highest BCUT2D eigenvalue weighted by Gasteiger charge is 2.28. The number of aromatic nitrogens is 3. The molecule has 0 fully saturated rings. The van der Waals surface area contributed by atoms with E-state index >= 15 is 0 Å². The number of phenols is 1. The van der Waals surface area contributed by atoms with Crippen LogP contribution in [0.3, 0.4) is 0 Å². The molecule has 5 heteroatoms. The van der Waals surface area contributed by atoms with Gasteiger partial charge in [0, 0.05) is 6.15 Å². The van der Waals surface area contributed by atoms with Crippen molar-refractivity contribution in [2.75, 3.05) is 0 Å². The van der Waals surface area contributed by atoms with E-state index in [0.717, 1.165) is 17.5 Å². The molecule has 3 rings (SSSR count). The Morgan fingerprint density at radius 1 is 0.920 bits per heavy atom. The van der Waals surface area contributed by atoms with Gasteiger partial charge in [0.15, 0.2) is 0 Å². The van der Waals surface area contributed by atoms with Crippen molar-refractivity contribution in [3.8, 4) is 11.4 Å². The molecule has 0 aliphatic heterocycles. The van der Waals surface area contributed by atoms with Gasteiger partial charge in [0.1, 0.15) is 22.5 Å². The maximum Gasteiger partial charge on any atom is 0.143 e. The third kappa shape index (κ3) is 3.99. The van der Waals surface area contributed by atoms with E-state index in [1.165, 1.54) is 10.4 Å². The Kier molecular flexibility index (Phi) is 4.91. The minimum absolute atomic E-state index is 0. The fourth-order valence-electron chi connectivity index (χ4n) is 3.50. The van der Waals surface area contributed by atoms with Crippen molar-refractivity contribution in [1.29, 1.82) is 0 Å². The van der Waals surface area contributed by atoms with E-state index < -0.39 is 0 Å². The fraction of sp³-hybridized carbons (Fsp3) is 0.400. The SMILES string of the molecule is CC(C)(C)CC(C)(C)c1ccc(O)c(-n2nc3ccccc3n2)c1.[N]. The Hall–Kier alpha value is -2.40. The van der Waals surface area contributed by atoms with Crippen molar-refractivity contribution < 1.29 is 5.11 Å². The van der Waals surface area contributed by atoms with E-state index in [1.54, 1.807) is 6.07 Å². The smallest absolute Gasteiger partial charge is 0.143 e. The second-order valence-corrected chi connectivity index (χ2v) is 8.30. The summed E-state index contributed by atoms with van der Waals surface area (Å²) in [5.41, 5.74) is 3.64. The Morgan fingerprint density at radius 3 is 2.00 bits per heavy atom. The maximum atomic E-state index is 10.3. The molecule has 5 nitrogen and oxygen atoms in total. The number of hydrogen-bond acceptors (Lipinski definition) is 3. The van der Waals surface area contributed by atoms with Crippen molar-refractivity contribution in [2.45, 2.75) is 46.5 Å². The Bertz CT molecular complexity index is 842. The van der Waals surface area contributed by atoms with Crippen molar-refractivity contribution in [3.63, 3.8) is 0 Å². The minimum atomic E-state index is -0.00667. The molecule has 3 radical (unpaired) electrons.